The van der Waals surface area contributed by atoms with Crippen molar-refractivity contribution >= 4 is 0 Å². The number of ether oxygens (including phenoxy) is 2. The van der Waals surface area contributed by atoms with Gasteiger partial charge in [0.15, 0.2) is 11.5 Å². The van der Waals surface area contributed by atoms with E-state index in [1.54, 1.807) is 0 Å². The van der Waals surface area contributed by atoms with Crippen molar-refractivity contribution < 1.29 is 9.47 Å². The highest BCUT2D eigenvalue weighted by Gasteiger charge is 2.14. The molecule has 1 aliphatic heterocycles. The van der Waals surface area contributed by atoms with Crippen LogP contribution in [0.2, 0.25) is 0 Å². The van der Waals surface area contributed by atoms with Gasteiger partial charge in [0, 0.05) is 25.6 Å². The van der Waals surface area contributed by atoms with E-state index < -0.39 is 0 Å². The summed E-state index contributed by atoms with van der Waals surface area (Å²) in [6, 6.07) is 6.10. The van der Waals surface area contributed by atoms with Crippen molar-refractivity contribution in [1.29, 1.82) is 0 Å². The van der Waals surface area contributed by atoms with Crippen LogP contribution >= 0.6 is 0 Å². The van der Waals surface area contributed by atoms with Gasteiger partial charge in [-0.3, -0.25) is 0 Å². The van der Waals surface area contributed by atoms with Crippen molar-refractivity contribution in [2.45, 2.75) is 12.5 Å². The highest BCUT2D eigenvalue weighted by Crippen LogP contribution is 2.32. The van der Waals surface area contributed by atoms with Crippen molar-refractivity contribution in [2.75, 3.05) is 26.3 Å². The van der Waals surface area contributed by atoms with Crippen molar-refractivity contribution in [2.24, 2.45) is 5.73 Å². The number of fused-ring (bicyclic) bond motifs is 1. The molecule has 2 rings (SSSR count). The fourth-order valence-electron chi connectivity index (χ4n) is 1.96. The maximum atomic E-state index is 5.78. The molecule has 0 bridgehead atoms. The highest BCUT2D eigenvalue weighted by molar-refractivity contribution is 5.44. The van der Waals surface area contributed by atoms with Gasteiger partial charge in [0.2, 0.25) is 0 Å². The van der Waals surface area contributed by atoms with Crippen LogP contribution in [-0.4, -0.2) is 26.3 Å². The molecule has 98 valence electrons. The quantitative estimate of drug-likeness (QED) is 0.778. The third-order valence-corrected chi connectivity index (χ3v) is 2.92. The van der Waals surface area contributed by atoms with Crippen LogP contribution in [0.5, 0.6) is 11.5 Å². The molecule has 1 aliphatic rings. The predicted octanol–water partition coefficient (Wildman–Crippen LogP) is 1.62. The molecular weight excluding hydrogens is 228 g/mol. The molecular formula is C14H20N2O2. The number of rotatable bonds is 5. The van der Waals surface area contributed by atoms with Crippen LogP contribution in [0.3, 0.4) is 0 Å². The fraction of sp³-hybridized carbons (Fsp3) is 0.429. The lowest BCUT2D eigenvalue weighted by molar-refractivity contribution is 0.297. The Morgan fingerprint density at radius 2 is 2.11 bits per heavy atom. The molecule has 0 fully saturated rings. The Balaban J connectivity index is 2.17. The fourth-order valence-corrected chi connectivity index (χ4v) is 1.96. The van der Waals surface area contributed by atoms with Crippen molar-refractivity contribution in [3.63, 3.8) is 0 Å². The second-order valence-corrected chi connectivity index (χ2v) is 4.24. The first kappa shape index (κ1) is 12.9. The number of nitrogens with one attached hydrogen (secondary N) is 1. The molecule has 0 amide bonds. The van der Waals surface area contributed by atoms with Crippen LogP contribution in [0.4, 0.5) is 0 Å². The molecule has 1 unspecified atom stereocenters. The first-order valence-corrected chi connectivity index (χ1v) is 6.29. The number of hydrogen-bond donors (Lipinski definition) is 2. The van der Waals surface area contributed by atoms with Gasteiger partial charge in [0.25, 0.3) is 0 Å². The van der Waals surface area contributed by atoms with Gasteiger partial charge in [-0.25, -0.2) is 0 Å². The van der Waals surface area contributed by atoms with Crippen LogP contribution in [0.1, 0.15) is 18.0 Å². The molecule has 1 atom stereocenters. The van der Waals surface area contributed by atoms with Gasteiger partial charge in [-0.05, 0) is 17.7 Å². The molecule has 1 aromatic rings. The summed E-state index contributed by atoms with van der Waals surface area (Å²) in [4.78, 5) is 0. The van der Waals surface area contributed by atoms with E-state index in [-0.39, 0.29) is 6.04 Å². The van der Waals surface area contributed by atoms with Gasteiger partial charge in [-0.1, -0.05) is 12.1 Å². The summed E-state index contributed by atoms with van der Waals surface area (Å²) in [6.45, 7) is 6.37. The second kappa shape index (κ2) is 6.42. The lowest BCUT2D eigenvalue weighted by Crippen LogP contribution is -2.28. The normalized spacial score (nSPS) is 15.8. The Hall–Kier alpha value is -1.52. The molecule has 0 aromatic heterocycles. The zero-order chi connectivity index (χ0) is 12.8. The summed E-state index contributed by atoms with van der Waals surface area (Å²) in [7, 11) is 0. The molecule has 3 N–H and O–H groups in total. The Morgan fingerprint density at radius 3 is 2.83 bits per heavy atom. The zero-order valence-electron chi connectivity index (χ0n) is 10.5. The van der Waals surface area contributed by atoms with Gasteiger partial charge in [-0.15, -0.1) is 6.58 Å². The number of nitrogens with two attached hydrogens (primary N) is 1. The molecule has 1 heterocycles. The molecule has 4 nitrogen and oxygen atoms in total. The summed E-state index contributed by atoms with van der Waals surface area (Å²) in [6.07, 6.45) is 2.74. The van der Waals surface area contributed by atoms with E-state index in [1.807, 2.05) is 24.3 Å². The van der Waals surface area contributed by atoms with Gasteiger partial charge >= 0.3 is 0 Å². The first-order valence-electron chi connectivity index (χ1n) is 6.29. The highest BCUT2D eigenvalue weighted by atomic mass is 16.5. The smallest absolute Gasteiger partial charge is 0.161 e. The Morgan fingerprint density at radius 1 is 1.33 bits per heavy atom. The molecule has 0 saturated heterocycles. The van der Waals surface area contributed by atoms with Crippen molar-refractivity contribution in [3.8, 4) is 11.5 Å². The van der Waals surface area contributed by atoms with E-state index in [0.29, 0.717) is 19.8 Å². The average Bonchev–Trinajstić information content (AvgIpc) is 2.64. The topological polar surface area (TPSA) is 56.5 Å². The van der Waals surface area contributed by atoms with E-state index in [1.165, 1.54) is 0 Å². The molecule has 0 spiro atoms. The van der Waals surface area contributed by atoms with Gasteiger partial charge < -0.3 is 20.5 Å². The van der Waals surface area contributed by atoms with Gasteiger partial charge in [0.1, 0.15) is 0 Å². The SMILES string of the molecule is C=CCNC(CN)c1ccc2c(c1)OCCCO2. The van der Waals surface area contributed by atoms with Crippen LogP contribution in [0.15, 0.2) is 30.9 Å². The van der Waals surface area contributed by atoms with E-state index >= 15 is 0 Å². The second-order valence-electron chi connectivity index (χ2n) is 4.24. The Labute approximate surface area is 108 Å². The standard InChI is InChI=1S/C14H20N2O2/c1-2-6-16-12(10-15)11-4-5-13-14(9-11)18-8-3-7-17-13/h2,4-5,9,12,16H,1,3,6-8,10,15H2. The van der Waals surface area contributed by atoms with Crippen LogP contribution in [0.25, 0.3) is 0 Å². The van der Waals surface area contributed by atoms with E-state index in [4.69, 9.17) is 15.2 Å². The summed E-state index contributed by atoms with van der Waals surface area (Å²) in [5, 5.41) is 3.32. The maximum absolute atomic E-state index is 5.78. The lowest BCUT2D eigenvalue weighted by Gasteiger charge is -2.18. The largest absolute Gasteiger partial charge is 0.490 e. The number of hydrogen-bond acceptors (Lipinski definition) is 4. The van der Waals surface area contributed by atoms with Crippen LogP contribution in [-0.2, 0) is 0 Å². The molecule has 4 heteroatoms. The Bertz CT molecular complexity index is 407. The molecule has 0 saturated carbocycles. The van der Waals surface area contributed by atoms with Crippen LogP contribution in [0, 0.1) is 0 Å². The summed E-state index contributed by atoms with van der Waals surface area (Å²) in [5.74, 6) is 1.62. The van der Waals surface area contributed by atoms with Crippen LogP contribution < -0.4 is 20.5 Å². The summed E-state index contributed by atoms with van der Waals surface area (Å²) >= 11 is 0. The lowest BCUT2D eigenvalue weighted by atomic mass is 10.1. The molecule has 0 aliphatic carbocycles. The predicted molar refractivity (Wildman–Crippen MR) is 72.0 cm³/mol. The van der Waals surface area contributed by atoms with E-state index in [2.05, 4.69) is 11.9 Å². The minimum Gasteiger partial charge on any atom is -0.490 e. The van der Waals surface area contributed by atoms with Crippen molar-refractivity contribution in [1.82, 2.24) is 5.32 Å². The summed E-state index contributed by atoms with van der Waals surface area (Å²) in [5.41, 5.74) is 6.90. The monoisotopic (exact) mass is 248 g/mol. The third kappa shape index (κ3) is 3.03. The molecule has 1 aromatic carbocycles. The van der Waals surface area contributed by atoms with Gasteiger partial charge in [-0.2, -0.15) is 0 Å². The number of benzene rings is 1. The minimum atomic E-state index is 0.111. The van der Waals surface area contributed by atoms with Gasteiger partial charge in [0.05, 0.1) is 13.2 Å². The molecule has 18 heavy (non-hydrogen) atoms. The minimum absolute atomic E-state index is 0.111. The third-order valence-electron chi connectivity index (χ3n) is 2.92. The average molecular weight is 248 g/mol. The Kier molecular flexibility index (Phi) is 4.61. The molecule has 0 radical (unpaired) electrons. The maximum Gasteiger partial charge on any atom is 0.161 e. The van der Waals surface area contributed by atoms with Crippen molar-refractivity contribution in [3.05, 3.63) is 36.4 Å². The zero-order valence-corrected chi connectivity index (χ0v) is 10.5. The van der Waals surface area contributed by atoms with E-state index in [9.17, 15) is 0 Å². The summed E-state index contributed by atoms with van der Waals surface area (Å²) < 4.78 is 11.3. The van der Waals surface area contributed by atoms with E-state index in [0.717, 1.165) is 30.0 Å². The first-order chi connectivity index (χ1) is 8.85.